The summed E-state index contributed by atoms with van der Waals surface area (Å²) in [6, 6.07) is 13.2. The molecule has 3 rings (SSSR count). The SMILES string of the molecule is CC(Cl)c1nc2cccc(Cl)c2n1-c1cccc(Cl)c1. The third-order valence-corrected chi connectivity index (χ3v) is 3.81. The molecule has 0 aliphatic rings. The number of aromatic nitrogens is 2. The first kappa shape index (κ1) is 13.7. The van der Waals surface area contributed by atoms with Crippen LogP contribution in [-0.2, 0) is 0 Å². The van der Waals surface area contributed by atoms with E-state index in [4.69, 9.17) is 34.8 Å². The van der Waals surface area contributed by atoms with Gasteiger partial charge in [0.1, 0.15) is 5.82 Å². The highest BCUT2D eigenvalue weighted by atomic mass is 35.5. The van der Waals surface area contributed by atoms with Crippen LogP contribution in [0.4, 0.5) is 0 Å². The van der Waals surface area contributed by atoms with E-state index in [1.54, 1.807) is 0 Å². The summed E-state index contributed by atoms with van der Waals surface area (Å²) in [6.07, 6.45) is 0. The molecule has 2 nitrogen and oxygen atoms in total. The van der Waals surface area contributed by atoms with Crippen molar-refractivity contribution in [1.29, 1.82) is 0 Å². The minimum Gasteiger partial charge on any atom is -0.294 e. The number of hydrogen-bond donors (Lipinski definition) is 0. The maximum absolute atomic E-state index is 6.33. The molecule has 1 unspecified atom stereocenters. The summed E-state index contributed by atoms with van der Waals surface area (Å²) in [5.74, 6) is 0.747. The van der Waals surface area contributed by atoms with Crippen LogP contribution in [0.2, 0.25) is 10.0 Å². The van der Waals surface area contributed by atoms with Gasteiger partial charge in [0.25, 0.3) is 0 Å². The van der Waals surface area contributed by atoms with Crippen LogP contribution < -0.4 is 0 Å². The first-order valence-electron chi connectivity index (χ1n) is 6.15. The molecule has 0 aliphatic carbocycles. The third kappa shape index (κ3) is 2.28. The monoisotopic (exact) mass is 324 g/mol. The Morgan fingerprint density at radius 2 is 1.85 bits per heavy atom. The van der Waals surface area contributed by atoms with Crippen LogP contribution in [0.3, 0.4) is 0 Å². The van der Waals surface area contributed by atoms with E-state index in [0.717, 1.165) is 22.5 Å². The van der Waals surface area contributed by atoms with E-state index in [1.165, 1.54) is 0 Å². The Kier molecular flexibility index (Phi) is 3.63. The van der Waals surface area contributed by atoms with E-state index < -0.39 is 0 Å². The summed E-state index contributed by atoms with van der Waals surface area (Å²) in [7, 11) is 0. The number of rotatable bonds is 2. The summed E-state index contributed by atoms with van der Waals surface area (Å²) >= 11 is 18.7. The molecule has 1 aromatic heterocycles. The standard InChI is InChI=1S/C15H11Cl3N2/c1-9(16)15-19-13-7-3-6-12(18)14(13)20(15)11-5-2-4-10(17)8-11/h2-9H,1H3. The highest BCUT2D eigenvalue weighted by Gasteiger charge is 2.18. The number of imidazole rings is 1. The number of fused-ring (bicyclic) bond motifs is 1. The molecule has 5 heteroatoms. The Labute approximate surface area is 131 Å². The molecule has 0 radical (unpaired) electrons. The molecule has 1 heterocycles. The maximum Gasteiger partial charge on any atom is 0.132 e. The quantitative estimate of drug-likeness (QED) is 0.558. The van der Waals surface area contributed by atoms with Gasteiger partial charge in [-0.1, -0.05) is 35.3 Å². The Morgan fingerprint density at radius 3 is 2.55 bits per heavy atom. The molecular weight excluding hydrogens is 315 g/mol. The predicted octanol–water partition coefficient (Wildman–Crippen LogP) is 5.63. The molecule has 0 spiro atoms. The van der Waals surface area contributed by atoms with Gasteiger partial charge in [0.15, 0.2) is 0 Å². The van der Waals surface area contributed by atoms with Crippen LogP contribution in [0.1, 0.15) is 18.1 Å². The summed E-state index contributed by atoms with van der Waals surface area (Å²) in [4.78, 5) is 4.58. The molecular formula is C15H11Cl3N2. The number of benzene rings is 2. The van der Waals surface area contributed by atoms with Crippen molar-refractivity contribution in [3.63, 3.8) is 0 Å². The van der Waals surface area contributed by atoms with Gasteiger partial charge in [-0.3, -0.25) is 4.57 Å². The Hall–Kier alpha value is -1.22. The number of para-hydroxylation sites is 1. The second-order valence-electron chi connectivity index (χ2n) is 4.51. The molecule has 2 aromatic carbocycles. The largest absolute Gasteiger partial charge is 0.294 e. The minimum atomic E-state index is -0.238. The van der Waals surface area contributed by atoms with Gasteiger partial charge in [0.2, 0.25) is 0 Å². The van der Waals surface area contributed by atoms with Gasteiger partial charge in [-0.05, 0) is 37.3 Å². The molecule has 0 saturated carbocycles. The lowest BCUT2D eigenvalue weighted by Crippen LogP contribution is -2.02. The normalized spacial score (nSPS) is 12.8. The summed E-state index contributed by atoms with van der Waals surface area (Å²) in [5.41, 5.74) is 2.56. The van der Waals surface area contributed by atoms with Gasteiger partial charge in [0.05, 0.1) is 21.4 Å². The van der Waals surface area contributed by atoms with Crippen LogP contribution >= 0.6 is 34.8 Å². The zero-order chi connectivity index (χ0) is 14.3. The van der Waals surface area contributed by atoms with E-state index >= 15 is 0 Å². The fourth-order valence-corrected chi connectivity index (χ4v) is 2.83. The molecule has 20 heavy (non-hydrogen) atoms. The molecule has 3 aromatic rings. The van der Waals surface area contributed by atoms with Gasteiger partial charge < -0.3 is 0 Å². The molecule has 0 aliphatic heterocycles. The van der Waals surface area contributed by atoms with Crippen molar-refractivity contribution in [1.82, 2.24) is 9.55 Å². The van der Waals surface area contributed by atoms with Crippen molar-refractivity contribution < 1.29 is 0 Å². The zero-order valence-electron chi connectivity index (χ0n) is 10.6. The van der Waals surface area contributed by atoms with Crippen molar-refractivity contribution in [2.24, 2.45) is 0 Å². The first-order chi connectivity index (χ1) is 9.58. The first-order valence-corrected chi connectivity index (χ1v) is 7.34. The Bertz CT molecular complexity index is 778. The van der Waals surface area contributed by atoms with Gasteiger partial charge >= 0.3 is 0 Å². The number of halogens is 3. The van der Waals surface area contributed by atoms with Gasteiger partial charge in [-0.2, -0.15) is 0 Å². The summed E-state index contributed by atoms with van der Waals surface area (Å²) in [5, 5.41) is 1.06. The molecule has 0 N–H and O–H groups in total. The molecule has 1 atom stereocenters. The fourth-order valence-electron chi connectivity index (χ4n) is 2.25. The number of alkyl halides is 1. The predicted molar refractivity (Wildman–Crippen MR) is 85.4 cm³/mol. The lowest BCUT2D eigenvalue weighted by atomic mass is 10.2. The molecule has 0 amide bonds. The molecule has 102 valence electrons. The van der Waals surface area contributed by atoms with Crippen molar-refractivity contribution >= 4 is 45.8 Å². The van der Waals surface area contributed by atoms with Gasteiger partial charge in [-0.25, -0.2) is 4.98 Å². The average Bonchev–Trinajstić information content (AvgIpc) is 2.80. The second kappa shape index (κ2) is 5.28. The average molecular weight is 326 g/mol. The molecule has 0 fully saturated rings. The number of nitrogens with zero attached hydrogens (tertiary/aromatic N) is 2. The Balaban J connectivity index is 2.40. The summed E-state index contributed by atoms with van der Waals surface area (Å²) < 4.78 is 1.96. The van der Waals surface area contributed by atoms with Crippen LogP contribution in [-0.4, -0.2) is 9.55 Å². The van der Waals surface area contributed by atoms with Gasteiger partial charge in [-0.15, -0.1) is 11.6 Å². The van der Waals surface area contributed by atoms with Crippen molar-refractivity contribution in [3.8, 4) is 5.69 Å². The highest BCUT2D eigenvalue weighted by Crippen LogP contribution is 2.32. The zero-order valence-corrected chi connectivity index (χ0v) is 12.9. The van der Waals surface area contributed by atoms with Crippen LogP contribution in [0.15, 0.2) is 42.5 Å². The smallest absolute Gasteiger partial charge is 0.132 e. The lowest BCUT2D eigenvalue weighted by molar-refractivity contribution is 0.882. The molecule has 0 bridgehead atoms. The minimum absolute atomic E-state index is 0.238. The van der Waals surface area contributed by atoms with E-state index in [2.05, 4.69) is 4.98 Å². The van der Waals surface area contributed by atoms with E-state index in [1.807, 2.05) is 54.0 Å². The van der Waals surface area contributed by atoms with Crippen molar-refractivity contribution in [2.75, 3.05) is 0 Å². The fraction of sp³-hybridized carbons (Fsp3) is 0.133. The maximum atomic E-state index is 6.33. The number of hydrogen-bond acceptors (Lipinski definition) is 1. The van der Waals surface area contributed by atoms with Crippen LogP contribution in [0.5, 0.6) is 0 Å². The van der Waals surface area contributed by atoms with Crippen molar-refractivity contribution in [3.05, 3.63) is 58.3 Å². The Morgan fingerprint density at radius 1 is 1.10 bits per heavy atom. The van der Waals surface area contributed by atoms with E-state index in [9.17, 15) is 0 Å². The molecule has 0 saturated heterocycles. The highest BCUT2D eigenvalue weighted by molar-refractivity contribution is 6.35. The van der Waals surface area contributed by atoms with Gasteiger partial charge in [0, 0.05) is 10.7 Å². The second-order valence-corrected chi connectivity index (χ2v) is 6.01. The topological polar surface area (TPSA) is 17.8 Å². The lowest BCUT2D eigenvalue weighted by Gasteiger charge is -2.11. The van der Waals surface area contributed by atoms with Crippen molar-refractivity contribution in [2.45, 2.75) is 12.3 Å². The van der Waals surface area contributed by atoms with E-state index in [-0.39, 0.29) is 5.38 Å². The third-order valence-electron chi connectivity index (χ3n) is 3.08. The summed E-state index contributed by atoms with van der Waals surface area (Å²) in [6.45, 7) is 1.89. The van der Waals surface area contributed by atoms with Crippen LogP contribution in [0.25, 0.3) is 16.7 Å². The van der Waals surface area contributed by atoms with E-state index in [0.29, 0.717) is 10.0 Å². The van der Waals surface area contributed by atoms with Crippen LogP contribution in [0, 0.1) is 0 Å².